The first-order chi connectivity index (χ1) is 8.74. The maximum absolute atomic E-state index is 10.9. The van der Waals surface area contributed by atoms with Crippen LogP contribution in [0.4, 0.5) is 0 Å². The van der Waals surface area contributed by atoms with Gasteiger partial charge in [0.25, 0.3) is 0 Å². The summed E-state index contributed by atoms with van der Waals surface area (Å²) in [5.41, 5.74) is 0.896. The van der Waals surface area contributed by atoms with Crippen LogP contribution in [0, 0.1) is 5.92 Å². The van der Waals surface area contributed by atoms with Gasteiger partial charge in [-0.05, 0) is 29.4 Å². The van der Waals surface area contributed by atoms with Gasteiger partial charge in [0.05, 0.1) is 6.26 Å². The van der Waals surface area contributed by atoms with Crippen LogP contribution in [0.3, 0.4) is 0 Å². The molecule has 0 aromatic heterocycles. The van der Waals surface area contributed by atoms with Gasteiger partial charge in [-0.3, -0.25) is 0 Å². The molecule has 4 nitrogen and oxygen atoms in total. The largest absolute Gasteiger partial charge is 1.00 e. The normalized spacial score (nSPS) is 18.7. The molecule has 0 saturated carbocycles. The van der Waals surface area contributed by atoms with Crippen molar-refractivity contribution in [3.05, 3.63) is 58.2 Å². The fourth-order valence-corrected chi connectivity index (χ4v) is 2.19. The number of carbonyl (C=O) groups is 1. The minimum atomic E-state index is -1.05. The molecule has 1 unspecified atom stereocenters. The molecule has 2 aliphatic rings. The summed E-state index contributed by atoms with van der Waals surface area (Å²) in [4.78, 5) is 10.9. The van der Waals surface area contributed by atoms with Crippen LogP contribution in [0.5, 0.6) is 0 Å². The van der Waals surface area contributed by atoms with Crippen molar-refractivity contribution < 1.29 is 49.7 Å². The molecular weight excluding hydrogens is 267 g/mol. The van der Waals surface area contributed by atoms with Crippen LogP contribution in [0.25, 0.3) is 12.3 Å². The zero-order chi connectivity index (χ0) is 12.5. The Labute approximate surface area is 138 Å². The van der Waals surface area contributed by atoms with Crippen LogP contribution in [-0.2, 0) is 9.53 Å². The smallest absolute Gasteiger partial charge is 0.550 e. The average Bonchev–Trinajstić information content (AvgIpc) is 2.56. The molecule has 0 fully saturated rings. The van der Waals surface area contributed by atoms with Crippen molar-refractivity contribution in [3.8, 4) is 0 Å². The molecule has 0 bridgehead atoms. The number of rotatable bonds is 1. The van der Waals surface area contributed by atoms with Crippen molar-refractivity contribution >= 4 is 18.3 Å². The Morgan fingerprint density at radius 1 is 1.25 bits per heavy atom. The fraction of sp³-hybridized carbons (Fsp3) is 0.133. The Morgan fingerprint density at radius 2 is 1.95 bits per heavy atom. The minimum Gasteiger partial charge on any atom is -0.550 e. The van der Waals surface area contributed by atoms with E-state index >= 15 is 0 Å². The van der Waals surface area contributed by atoms with E-state index in [-0.39, 0.29) is 35.0 Å². The van der Waals surface area contributed by atoms with Gasteiger partial charge in [0, 0.05) is 17.1 Å². The van der Waals surface area contributed by atoms with Crippen LogP contribution < -0.4 is 45.1 Å². The predicted octanol–water partition coefficient (Wildman–Crippen LogP) is -4.01. The number of aliphatic carboxylic acids is 1. The number of benzene rings is 1. The first-order valence-corrected chi connectivity index (χ1v) is 5.80. The molecular formula is C15H13NaO4. The van der Waals surface area contributed by atoms with E-state index in [0.29, 0.717) is 12.2 Å². The number of carboxylic acid groups (broad SMARTS) is 1. The molecule has 1 aliphatic carbocycles. The topological polar surface area (TPSA) is 80.9 Å². The summed E-state index contributed by atoms with van der Waals surface area (Å²) < 4.78 is 5.58. The number of allylic oxidation sites excluding steroid dienone is 2. The molecule has 3 rings (SSSR count). The molecule has 20 heavy (non-hydrogen) atoms. The Kier molecular flexibility index (Phi) is 5.77. The molecule has 5 heteroatoms. The number of hydrogen-bond acceptors (Lipinski definition) is 3. The molecule has 1 aromatic rings. The van der Waals surface area contributed by atoms with Crippen molar-refractivity contribution in [2.24, 2.45) is 5.92 Å². The van der Waals surface area contributed by atoms with Gasteiger partial charge in [-0.25, -0.2) is 0 Å². The van der Waals surface area contributed by atoms with Crippen molar-refractivity contribution in [1.29, 1.82) is 0 Å². The van der Waals surface area contributed by atoms with E-state index in [1.165, 1.54) is 0 Å². The van der Waals surface area contributed by atoms with Gasteiger partial charge in [0.1, 0.15) is 5.76 Å². The van der Waals surface area contributed by atoms with E-state index in [0.717, 1.165) is 16.0 Å². The molecule has 1 aromatic carbocycles. The van der Waals surface area contributed by atoms with E-state index in [9.17, 15) is 9.90 Å². The Balaban J connectivity index is 0.000001000. The van der Waals surface area contributed by atoms with E-state index < -0.39 is 11.9 Å². The zero-order valence-electron chi connectivity index (χ0n) is 11.1. The van der Waals surface area contributed by atoms with Gasteiger partial charge < -0.3 is 20.1 Å². The molecule has 98 valence electrons. The van der Waals surface area contributed by atoms with E-state index in [1.807, 2.05) is 30.3 Å². The number of hydrogen-bond donors (Lipinski definition) is 0. The second-order valence-electron chi connectivity index (χ2n) is 4.39. The van der Waals surface area contributed by atoms with Gasteiger partial charge in [-0.1, -0.05) is 30.3 Å². The molecule has 0 saturated heterocycles. The summed E-state index contributed by atoms with van der Waals surface area (Å²) in [7, 11) is 0. The summed E-state index contributed by atoms with van der Waals surface area (Å²) in [5, 5.41) is 12.9. The van der Waals surface area contributed by atoms with Gasteiger partial charge in [-0.2, -0.15) is 0 Å². The van der Waals surface area contributed by atoms with Crippen LogP contribution in [-0.4, -0.2) is 11.4 Å². The van der Waals surface area contributed by atoms with Crippen LogP contribution in [0.2, 0.25) is 0 Å². The quantitative estimate of drug-likeness (QED) is 0.492. The van der Waals surface area contributed by atoms with Gasteiger partial charge >= 0.3 is 29.6 Å². The van der Waals surface area contributed by atoms with E-state index in [1.54, 1.807) is 18.4 Å². The summed E-state index contributed by atoms with van der Waals surface area (Å²) in [5.74, 6) is -0.912. The summed E-state index contributed by atoms with van der Waals surface area (Å²) in [6, 6.07) is 7.84. The number of ether oxygens (including phenoxy) is 1. The predicted molar refractivity (Wildman–Crippen MR) is 68.6 cm³/mol. The van der Waals surface area contributed by atoms with E-state index in [4.69, 9.17) is 4.74 Å². The Hall–Kier alpha value is -1.33. The number of carbonyl (C=O) groups excluding carboxylic acids is 1. The number of fused-ring (bicyclic) bond motifs is 1. The zero-order valence-corrected chi connectivity index (χ0v) is 13.1. The van der Waals surface area contributed by atoms with Crippen molar-refractivity contribution in [1.82, 2.24) is 0 Å². The first kappa shape index (κ1) is 16.7. The Bertz CT molecular complexity index is 688. The van der Waals surface area contributed by atoms with Crippen LogP contribution >= 0.6 is 0 Å². The molecule has 2 N–H and O–H groups in total. The minimum absolute atomic E-state index is 0. The molecule has 0 spiro atoms. The SMILES string of the molecule is O.O=C([O-])C1C=CC2=C(C=c3ccccc3=CO2)C1.[Na+]. The van der Waals surface area contributed by atoms with Crippen LogP contribution in [0.15, 0.2) is 47.7 Å². The fourth-order valence-electron chi connectivity index (χ4n) is 2.19. The maximum atomic E-state index is 10.9. The van der Waals surface area contributed by atoms with Crippen molar-refractivity contribution in [2.75, 3.05) is 0 Å². The van der Waals surface area contributed by atoms with Crippen molar-refractivity contribution in [3.63, 3.8) is 0 Å². The third-order valence-electron chi connectivity index (χ3n) is 3.18. The third kappa shape index (κ3) is 3.22. The van der Waals surface area contributed by atoms with Gasteiger partial charge in [-0.15, -0.1) is 0 Å². The average molecular weight is 280 g/mol. The maximum Gasteiger partial charge on any atom is 1.00 e. The Morgan fingerprint density at radius 3 is 2.65 bits per heavy atom. The number of carboxylic acids is 1. The summed E-state index contributed by atoms with van der Waals surface area (Å²) in [6.45, 7) is 0. The molecule has 0 radical (unpaired) electrons. The summed E-state index contributed by atoms with van der Waals surface area (Å²) in [6.07, 6.45) is 7.41. The van der Waals surface area contributed by atoms with E-state index in [2.05, 4.69) is 0 Å². The second kappa shape index (κ2) is 6.90. The van der Waals surface area contributed by atoms with Crippen LogP contribution in [0.1, 0.15) is 6.42 Å². The van der Waals surface area contributed by atoms with Crippen molar-refractivity contribution in [2.45, 2.75) is 6.42 Å². The van der Waals surface area contributed by atoms with Gasteiger partial charge in [0.2, 0.25) is 0 Å². The standard InChI is InChI=1S/C15H12O3.Na.H2O/c16-15(17)11-5-6-14-13(8-11)7-10-3-1-2-4-12(10)9-18-14;;/h1-7,9,11H,8H2,(H,16,17);;1H2/q;+1;/p-1. The van der Waals surface area contributed by atoms with Gasteiger partial charge in [0.15, 0.2) is 0 Å². The second-order valence-corrected chi connectivity index (χ2v) is 4.39. The monoisotopic (exact) mass is 280 g/mol. The molecule has 1 atom stereocenters. The third-order valence-corrected chi connectivity index (χ3v) is 3.18. The molecule has 1 heterocycles. The molecule has 0 amide bonds. The first-order valence-electron chi connectivity index (χ1n) is 5.80. The summed E-state index contributed by atoms with van der Waals surface area (Å²) >= 11 is 0. The molecule has 1 aliphatic heterocycles.